The Balaban J connectivity index is 1.95. The van der Waals surface area contributed by atoms with E-state index in [2.05, 4.69) is 6.07 Å². The van der Waals surface area contributed by atoms with Crippen molar-refractivity contribution in [3.05, 3.63) is 60.2 Å². The second-order valence-electron chi connectivity index (χ2n) is 7.86. The summed E-state index contributed by atoms with van der Waals surface area (Å²) in [5.74, 6) is 0.237. The molecule has 0 aliphatic carbocycles. The molecule has 0 saturated heterocycles. The molecular formula is C25H32O5S2. The Kier molecular flexibility index (Phi) is 11.3. The molecule has 5 nitrogen and oxygen atoms in total. The molecule has 32 heavy (non-hydrogen) atoms. The lowest BCUT2D eigenvalue weighted by atomic mass is 9.95. The van der Waals surface area contributed by atoms with Crippen LogP contribution in [0.4, 0.5) is 0 Å². The van der Waals surface area contributed by atoms with Crippen LogP contribution in [0.15, 0.2) is 54.6 Å². The summed E-state index contributed by atoms with van der Waals surface area (Å²) in [4.78, 5) is 22.8. The number of hydrogen-bond donors (Lipinski definition) is 3. The molecule has 174 valence electrons. The molecule has 2 aromatic rings. The SMILES string of the molecule is CC(=O)[C@H](SCCCSCC(=O)O)[C@@H](/C=C/C(O)Cc1ccc2ccccc2c1)[C@@H](C)O. The first-order valence-electron chi connectivity index (χ1n) is 10.7. The number of carbonyl (C=O) groups is 2. The van der Waals surface area contributed by atoms with Crippen LogP contribution in [0.5, 0.6) is 0 Å². The first-order chi connectivity index (χ1) is 15.3. The Morgan fingerprint density at radius 2 is 1.75 bits per heavy atom. The fourth-order valence-corrected chi connectivity index (χ4v) is 5.67. The lowest BCUT2D eigenvalue weighted by Gasteiger charge is -2.25. The van der Waals surface area contributed by atoms with Crippen LogP contribution in [-0.2, 0) is 16.0 Å². The zero-order valence-corrected chi connectivity index (χ0v) is 20.1. The predicted molar refractivity (Wildman–Crippen MR) is 134 cm³/mol. The van der Waals surface area contributed by atoms with E-state index in [1.54, 1.807) is 19.1 Å². The van der Waals surface area contributed by atoms with Crippen LogP contribution in [0.3, 0.4) is 0 Å². The first-order valence-corrected chi connectivity index (χ1v) is 12.9. The Morgan fingerprint density at radius 3 is 2.41 bits per heavy atom. The van der Waals surface area contributed by atoms with E-state index in [0.29, 0.717) is 17.9 Å². The van der Waals surface area contributed by atoms with Gasteiger partial charge < -0.3 is 15.3 Å². The maximum Gasteiger partial charge on any atom is 0.313 e. The standard InChI is InChI=1S/C25H32O5S2/c1-17(26)23(25(18(2)27)32-13-5-12-31-16-24(29)30)11-10-22(28)15-19-8-9-20-6-3-4-7-21(20)14-19/h3-4,6-11,14,17,22-23,25-26,28H,5,12-13,15-16H2,1-2H3,(H,29,30)/b11-10+/t17-,22?,23+,25+/m1/s1. The van der Waals surface area contributed by atoms with Crippen molar-refractivity contribution >= 4 is 46.0 Å². The highest BCUT2D eigenvalue weighted by Crippen LogP contribution is 2.27. The van der Waals surface area contributed by atoms with Crippen molar-refractivity contribution in [3.8, 4) is 0 Å². The number of carboxylic acids is 1. The maximum absolute atomic E-state index is 12.2. The van der Waals surface area contributed by atoms with Gasteiger partial charge in [-0.05, 0) is 48.1 Å². The lowest BCUT2D eigenvalue weighted by molar-refractivity contribution is -0.133. The van der Waals surface area contributed by atoms with Gasteiger partial charge in [0.15, 0.2) is 0 Å². The fraction of sp³-hybridized carbons (Fsp3) is 0.440. The molecule has 1 unspecified atom stereocenters. The van der Waals surface area contributed by atoms with Crippen molar-refractivity contribution in [1.29, 1.82) is 0 Å². The van der Waals surface area contributed by atoms with E-state index in [0.717, 1.165) is 22.8 Å². The van der Waals surface area contributed by atoms with Gasteiger partial charge >= 0.3 is 5.97 Å². The van der Waals surface area contributed by atoms with Crippen LogP contribution in [0.25, 0.3) is 10.8 Å². The zero-order chi connectivity index (χ0) is 23.5. The summed E-state index contributed by atoms with van der Waals surface area (Å²) >= 11 is 2.84. The predicted octanol–water partition coefficient (Wildman–Crippen LogP) is 4.20. The third kappa shape index (κ3) is 8.98. The lowest BCUT2D eigenvalue weighted by Crippen LogP contribution is -2.32. The summed E-state index contributed by atoms with van der Waals surface area (Å²) < 4.78 is 0. The van der Waals surface area contributed by atoms with Crippen molar-refractivity contribution < 1.29 is 24.9 Å². The average Bonchev–Trinajstić information content (AvgIpc) is 2.74. The number of aliphatic hydroxyl groups is 2. The summed E-state index contributed by atoms with van der Waals surface area (Å²) in [6, 6.07) is 14.2. The molecule has 0 heterocycles. The molecule has 0 fully saturated rings. The Morgan fingerprint density at radius 1 is 1.03 bits per heavy atom. The second kappa shape index (κ2) is 13.7. The van der Waals surface area contributed by atoms with Crippen molar-refractivity contribution in [2.75, 3.05) is 17.3 Å². The highest BCUT2D eigenvalue weighted by molar-refractivity contribution is 8.01. The van der Waals surface area contributed by atoms with Crippen molar-refractivity contribution in [2.45, 2.75) is 44.1 Å². The van der Waals surface area contributed by atoms with Crippen LogP contribution >= 0.6 is 23.5 Å². The zero-order valence-electron chi connectivity index (χ0n) is 18.5. The number of aliphatic hydroxyl groups excluding tert-OH is 2. The topological polar surface area (TPSA) is 94.8 Å². The number of carbonyl (C=O) groups excluding carboxylic acids is 1. The van der Waals surface area contributed by atoms with Crippen LogP contribution in [0.1, 0.15) is 25.8 Å². The van der Waals surface area contributed by atoms with Crippen LogP contribution in [0.2, 0.25) is 0 Å². The number of aliphatic carboxylic acids is 1. The molecule has 3 N–H and O–H groups in total. The molecule has 0 aliphatic heterocycles. The minimum absolute atomic E-state index is 0.0206. The molecule has 0 radical (unpaired) electrons. The Bertz CT molecular complexity index is 912. The molecule has 0 saturated carbocycles. The van der Waals surface area contributed by atoms with Crippen LogP contribution in [0, 0.1) is 5.92 Å². The first kappa shape index (κ1) is 26.5. The molecule has 4 atom stereocenters. The minimum atomic E-state index is -0.828. The summed E-state index contributed by atoms with van der Waals surface area (Å²) in [5.41, 5.74) is 1.02. The smallest absolute Gasteiger partial charge is 0.313 e. The van der Waals surface area contributed by atoms with Crippen molar-refractivity contribution in [2.24, 2.45) is 5.92 Å². The van der Waals surface area contributed by atoms with Gasteiger partial charge in [-0.15, -0.1) is 11.8 Å². The van der Waals surface area contributed by atoms with E-state index in [-0.39, 0.29) is 11.5 Å². The summed E-state index contributed by atoms with van der Waals surface area (Å²) in [5, 5.41) is 31.4. The van der Waals surface area contributed by atoms with Crippen molar-refractivity contribution in [1.82, 2.24) is 0 Å². The van der Waals surface area contributed by atoms with Gasteiger partial charge in [-0.25, -0.2) is 0 Å². The fourth-order valence-electron chi connectivity index (χ4n) is 3.48. The van der Waals surface area contributed by atoms with Crippen LogP contribution in [-0.4, -0.2) is 61.8 Å². The molecular weight excluding hydrogens is 444 g/mol. The largest absolute Gasteiger partial charge is 0.481 e. The molecule has 0 bridgehead atoms. The van der Waals surface area contributed by atoms with Gasteiger partial charge in [-0.1, -0.05) is 54.6 Å². The molecule has 2 aromatic carbocycles. The molecule has 0 amide bonds. The monoisotopic (exact) mass is 476 g/mol. The molecule has 2 rings (SSSR count). The van der Waals surface area contributed by atoms with Gasteiger partial charge in [0.05, 0.1) is 23.2 Å². The van der Waals surface area contributed by atoms with Gasteiger partial charge in [0.2, 0.25) is 0 Å². The number of fused-ring (bicyclic) bond motifs is 1. The second-order valence-corrected chi connectivity index (χ2v) is 10.2. The minimum Gasteiger partial charge on any atom is -0.481 e. The molecule has 0 aromatic heterocycles. The van der Waals surface area contributed by atoms with Gasteiger partial charge in [0.1, 0.15) is 5.78 Å². The van der Waals surface area contributed by atoms with Crippen LogP contribution < -0.4 is 0 Å². The summed E-state index contributed by atoms with van der Waals surface area (Å²) in [6.45, 7) is 3.18. The van der Waals surface area contributed by atoms with Gasteiger partial charge in [-0.2, -0.15) is 11.8 Å². The molecule has 0 aliphatic rings. The van der Waals surface area contributed by atoms with E-state index < -0.39 is 29.3 Å². The summed E-state index contributed by atoms with van der Waals surface area (Å²) in [6.07, 6.45) is 3.21. The number of ketones is 1. The number of thioether (sulfide) groups is 2. The number of benzene rings is 2. The van der Waals surface area contributed by atoms with E-state index >= 15 is 0 Å². The van der Waals surface area contributed by atoms with Gasteiger partial charge in [0, 0.05) is 12.3 Å². The normalized spacial score (nSPS) is 15.5. The maximum atomic E-state index is 12.2. The van der Waals surface area contributed by atoms with E-state index in [4.69, 9.17) is 5.11 Å². The highest BCUT2D eigenvalue weighted by Gasteiger charge is 2.27. The van der Waals surface area contributed by atoms with E-state index in [1.807, 2.05) is 36.4 Å². The number of rotatable bonds is 14. The quantitative estimate of drug-likeness (QED) is 0.278. The van der Waals surface area contributed by atoms with E-state index in [1.165, 1.54) is 30.4 Å². The third-order valence-corrected chi connectivity index (χ3v) is 7.64. The number of hydrogen-bond acceptors (Lipinski definition) is 6. The van der Waals surface area contributed by atoms with Crippen molar-refractivity contribution in [3.63, 3.8) is 0 Å². The van der Waals surface area contributed by atoms with Gasteiger partial charge in [0.25, 0.3) is 0 Å². The average molecular weight is 477 g/mol. The Labute approximate surface area is 198 Å². The molecule has 0 spiro atoms. The number of carboxylic acid groups (broad SMARTS) is 1. The molecule has 7 heteroatoms. The summed E-state index contributed by atoms with van der Waals surface area (Å²) in [7, 11) is 0. The number of Topliss-reactive ketones (excluding diaryl/α,β-unsaturated/α-hetero) is 1. The Hall–Kier alpha value is -1.80. The van der Waals surface area contributed by atoms with Gasteiger partial charge in [-0.3, -0.25) is 9.59 Å². The highest BCUT2D eigenvalue weighted by atomic mass is 32.2. The van der Waals surface area contributed by atoms with E-state index in [9.17, 15) is 19.8 Å². The third-order valence-electron chi connectivity index (χ3n) is 5.08.